The summed E-state index contributed by atoms with van der Waals surface area (Å²) in [6.07, 6.45) is 4.53. The second-order valence-electron chi connectivity index (χ2n) is 5.61. The average Bonchev–Trinajstić information content (AvgIpc) is 3.16. The predicted molar refractivity (Wildman–Crippen MR) is 92.0 cm³/mol. The van der Waals surface area contributed by atoms with Crippen molar-refractivity contribution >= 4 is 34.5 Å². The number of aryl methyl sites for hydroxylation is 3. The molecule has 0 saturated heterocycles. The molecule has 0 spiro atoms. The molecule has 23 heavy (non-hydrogen) atoms. The molecule has 0 aromatic carbocycles. The summed E-state index contributed by atoms with van der Waals surface area (Å²) in [6, 6.07) is 1.98. The van der Waals surface area contributed by atoms with Gasteiger partial charge < -0.3 is 10.6 Å². The smallest absolute Gasteiger partial charge is 0.261 e. The number of aromatic nitrogens is 1. The van der Waals surface area contributed by atoms with Gasteiger partial charge in [0.2, 0.25) is 5.91 Å². The highest BCUT2D eigenvalue weighted by Crippen LogP contribution is 2.29. The van der Waals surface area contributed by atoms with E-state index in [2.05, 4.69) is 15.6 Å². The highest BCUT2D eigenvalue weighted by Gasteiger charge is 2.17. The molecule has 122 valence electrons. The van der Waals surface area contributed by atoms with Crippen molar-refractivity contribution in [3.05, 3.63) is 37.5 Å². The van der Waals surface area contributed by atoms with Gasteiger partial charge in [0.25, 0.3) is 5.91 Å². The summed E-state index contributed by atoms with van der Waals surface area (Å²) in [4.78, 5) is 30.3. The number of nitrogens with zero attached hydrogens (tertiary/aromatic N) is 1. The van der Waals surface area contributed by atoms with E-state index in [1.54, 1.807) is 11.3 Å². The zero-order valence-electron chi connectivity index (χ0n) is 13.0. The zero-order chi connectivity index (χ0) is 16.2. The first kappa shape index (κ1) is 16.1. The van der Waals surface area contributed by atoms with E-state index in [1.807, 2.05) is 18.4 Å². The normalized spacial score (nSPS) is 13.4. The van der Waals surface area contributed by atoms with Crippen LogP contribution in [-0.4, -0.2) is 23.3 Å². The minimum absolute atomic E-state index is 0.00818. The predicted octanol–water partition coefficient (Wildman–Crippen LogP) is 2.44. The van der Waals surface area contributed by atoms with Crippen molar-refractivity contribution in [3.63, 3.8) is 0 Å². The van der Waals surface area contributed by atoms with Crippen LogP contribution in [0.25, 0.3) is 0 Å². The summed E-state index contributed by atoms with van der Waals surface area (Å²) in [6.45, 7) is 2.31. The van der Waals surface area contributed by atoms with E-state index >= 15 is 0 Å². The Morgan fingerprint density at radius 2 is 2.09 bits per heavy atom. The van der Waals surface area contributed by atoms with Crippen molar-refractivity contribution in [2.75, 3.05) is 6.54 Å². The number of nitrogens with one attached hydrogen (secondary N) is 2. The van der Waals surface area contributed by atoms with Crippen molar-refractivity contribution in [1.29, 1.82) is 0 Å². The number of thiazole rings is 1. The fraction of sp³-hybridized carbons (Fsp3) is 0.438. The van der Waals surface area contributed by atoms with E-state index in [9.17, 15) is 9.59 Å². The first-order valence-corrected chi connectivity index (χ1v) is 9.39. The molecule has 0 aliphatic heterocycles. The molecule has 2 aromatic heterocycles. The summed E-state index contributed by atoms with van der Waals surface area (Å²) in [5.74, 6) is -0.364. The number of amides is 2. The Bertz CT molecular complexity index is 697. The number of thiophene rings is 1. The molecule has 2 aromatic rings. The number of hydrogen-bond acceptors (Lipinski definition) is 5. The van der Waals surface area contributed by atoms with E-state index < -0.39 is 0 Å². The Labute approximate surface area is 143 Å². The topological polar surface area (TPSA) is 71.1 Å². The number of hydrogen-bond donors (Lipinski definition) is 2. The van der Waals surface area contributed by atoms with Crippen LogP contribution in [0.15, 0.2) is 11.4 Å². The summed E-state index contributed by atoms with van der Waals surface area (Å²) in [7, 11) is 0. The molecule has 0 radical (unpaired) electrons. The Balaban J connectivity index is 1.46. The molecule has 0 bridgehead atoms. The van der Waals surface area contributed by atoms with Gasteiger partial charge in [0.1, 0.15) is 5.01 Å². The third-order valence-corrected chi connectivity index (χ3v) is 5.94. The maximum absolute atomic E-state index is 12.2. The molecule has 0 saturated carbocycles. The molecule has 1 aliphatic rings. The Hall–Kier alpha value is -1.73. The molecule has 0 atom stereocenters. The van der Waals surface area contributed by atoms with Gasteiger partial charge in [-0.2, -0.15) is 0 Å². The van der Waals surface area contributed by atoms with Crippen LogP contribution in [0.1, 0.15) is 43.7 Å². The molecular formula is C16H19N3O2S2. The molecule has 5 nitrogen and oxygen atoms in total. The lowest BCUT2D eigenvalue weighted by Crippen LogP contribution is -2.36. The molecule has 7 heteroatoms. The van der Waals surface area contributed by atoms with Gasteiger partial charge in [-0.3, -0.25) is 9.59 Å². The minimum Gasteiger partial charge on any atom is -0.348 e. The molecule has 3 rings (SSSR count). The number of carbonyl (C=O) groups excluding carboxylic acids is 2. The average molecular weight is 349 g/mol. The van der Waals surface area contributed by atoms with Crippen LogP contribution in [0.2, 0.25) is 0 Å². The Morgan fingerprint density at radius 1 is 1.26 bits per heavy atom. The zero-order valence-corrected chi connectivity index (χ0v) is 14.6. The van der Waals surface area contributed by atoms with Crippen LogP contribution in [0.5, 0.6) is 0 Å². The number of carbonyl (C=O) groups is 2. The molecule has 2 N–H and O–H groups in total. The highest BCUT2D eigenvalue weighted by atomic mass is 32.1. The molecule has 2 heterocycles. The Morgan fingerprint density at radius 3 is 2.83 bits per heavy atom. The van der Waals surface area contributed by atoms with E-state index in [0.717, 1.165) is 23.5 Å². The maximum Gasteiger partial charge on any atom is 0.261 e. The fourth-order valence-electron chi connectivity index (χ4n) is 2.57. The van der Waals surface area contributed by atoms with Gasteiger partial charge in [-0.25, -0.2) is 4.98 Å². The molecule has 0 fully saturated rings. The van der Waals surface area contributed by atoms with Crippen LogP contribution in [0.4, 0.5) is 0 Å². The number of rotatable bonds is 5. The van der Waals surface area contributed by atoms with Gasteiger partial charge in [0, 0.05) is 16.0 Å². The molecule has 2 amide bonds. The van der Waals surface area contributed by atoms with Crippen molar-refractivity contribution in [1.82, 2.24) is 15.6 Å². The third kappa shape index (κ3) is 4.17. The summed E-state index contributed by atoms with van der Waals surface area (Å²) in [5.41, 5.74) is 2.25. The van der Waals surface area contributed by atoms with Crippen molar-refractivity contribution in [3.8, 4) is 0 Å². The standard InChI is InChI=1S/C16H19N3O2S2/c1-10-9-22-15(19-10)8-17-14(20)7-18-16(21)13-6-11-4-2-3-5-12(11)23-13/h6,9H,2-5,7-8H2,1H3,(H,17,20)(H,18,21). The van der Waals surface area contributed by atoms with Gasteiger partial charge in [0.05, 0.1) is 18.0 Å². The van der Waals surface area contributed by atoms with Crippen LogP contribution in [0, 0.1) is 6.92 Å². The second kappa shape index (κ2) is 7.23. The monoisotopic (exact) mass is 349 g/mol. The van der Waals surface area contributed by atoms with Gasteiger partial charge in [-0.15, -0.1) is 22.7 Å². The van der Waals surface area contributed by atoms with Crippen LogP contribution in [0.3, 0.4) is 0 Å². The van der Waals surface area contributed by atoms with E-state index in [0.29, 0.717) is 11.4 Å². The first-order valence-electron chi connectivity index (χ1n) is 7.69. The largest absolute Gasteiger partial charge is 0.348 e. The van der Waals surface area contributed by atoms with Gasteiger partial charge >= 0.3 is 0 Å². The molecule has 1 aliphatic carbocycles. The minimum atomic E-state index is -0.201. The summed E-state index contributed by atoms with van der Waals surface area (Å²) in [5, 5.41) is 8.27. The molecular weight excluding hydrogens is 330 g/mol. The van der Waals surface area contributed by atoms with Crippen molar-refractivity contribution in [2.24, 2.45) is 0 Å². The third-order valence-electron chi connectivity index (χ3n) is 3.73. The quantitative estimate of drug-likeness (QED) is 0.871. The first-order chi connectivity index (χ1) is 11.1. The fourth-order valence-corrected chi connectivity index (χ4v) is 4.45. The van der Waals surface area contributed by atoms with Crippen molar-refractivity contribution < 1.29 is 9.59 Å². The van der Waals surface area contributed by atoms with Crippen molar-refractivity contribution in [2.45, 2.75) is 39.2 Å². The van der Waals surface area contributed by atoms with Crippen LogP contribution < -0.4 is 10.6 Å². The van der Waals surface area contributed by atoms with Gasteiger partial charge in [0.15, 0.2) is 0 Å². The van der Waals surface area contributed by atoms with Crippen LogP contribution in [-0.2, 0) is 24.2 Å². The lowest BCUT2D eigenvalue weighted by atomic mass is 9.99. The van der Waals surface area contributed by atoms with E-state index in [1.165, 1.54) is 34.6 Å². The van der Waals surface area contributed by atoms with Crippen LogP contribution >= 0.6 is 22.7 Å². The summed E-state index contributed by atoms with van der Waals surface area (Å²) >= 11 is 3.07. The Kier molecular flexibility index (Phi) is 5.07. The number of fused-ring (bicyclic) bond motifs is 1. The lowest BCUT2D eigenvalue weighted by Gasteiger charge is -2.08. The maximum atomic E-state index is 12.2. The van der Waals surface area contributed by atoms with E-state index in [4.69, 9.17) is 0 Å². The SMILES string of the molecule is Cc1csc(CNC(=O)CNC(=O)c2cc3c(s2)CCCC3)n1. The summed E-state index contributed by atoms with van der Waals surface area (Å²) < 4.78 is 0. The van der Waals surface area contributed by atoms with E-state index in [-0.39, 0.29) is 18.4 Å². The second-order valence-corrected chi connectivity index (χ2v) is 7.69. The molecule has 0 unspecified atom stereocenters. The highest BCUT2D eigenvalue weighted by molar-refractivity contribution is 7.14. The lowest BCUT2D eigenvalue weighted by molar-refractivity contribution is -0.120. The van der Waals surface area contributed by atoms with Gasteiger partial charge in [-0.1, -0.05) is 0 Å². The van der Waals surface area contributed by atoms with Gasteiger partial charge in [-0.05, 0) is 44.2 Å².